The van der Waals surface area contributed by atoms with Crippen molar-refractivity contribution in [3.05, 3.63) is 95.6 Å². The fraction of sp³-hybridized carbons (Fsp3) is 0.130. The lowest BCUT2D eigenvalue weighted by Crippen LogP contribution is -2.37. The van der Waals surface area contributed by atoms with Crippen LogP contribution in [-0.2, 0) is 19.6 Å². The zero-order chi connectivity index (χ0) is 21.7. The number of sulfonamides is 1. The molecule has 0 amide bonds. The summed E-state index contributed by atoms with van der Waals surface area (Å²) in [6.45, 7) is 1.35. The van der Waals surface area contributed by atoms with Crippen molar-refractivity contribution in [2.24, 2.45) is 0 Å². The topological polar surface area (TPSA) is 80.8 Å². The molecule has 0 fully saturated rings. The number of carbonyl (C=O) groups excluding carboxylic acids is 2. The van der Waals surface area contributed by atoms with Gasteiger partial charge in [-0.2, -0.15) is 0 Å². The first kappa shape index (κ1) is 21.3. The second-order valence-corrected chi connectivity index (χ2v) is 8.48. The number of aryl methyl sites for hydroxylation is 1. The Kier molecular flexibility index (Phi) is 6.32. The maximum Gasteiger partial charge on any atom is 0.326 e. The van der Waals surface area contributed by atoms with Gasteiger partial charge >= 0.3 is 5.97 Å². The van der Waals surface area contributed by atoms with Crippen molar-refractivity contribution in [3.8, 4) is 0 Å². The lowest BCUT2D eigenvalue weighted by atomic mass is 10.0. The van der Waals surface area contributed by atoms with Crippen molar-refractivity contribution in [1.29, 1.82) is 0 Å². The van der Waals surface area contributed by atoms with Gasteiger partial charge in [-0.15, -0.1) is 0 Å². The number of esters is 1. The van der Waals surface area contributed by atoms with Crippen LogP contribution in [0.4, 0.5) is 5.69 Å². The van der Waals surface area contributed by atoms with Crippen LogP contribution in [0.2, 0.25) is 0 Å². The molecular weight excluding hydrogens is 402 g/mol. The number of ether oxygens (including phenoxy) is 1. The predicted molar refractivity (Wildman–Crippen MR) is 114 cm³/mol. The Morgan fingerprint density at radius 2 is 1.47 bits per heavy atom. The van der Waals surface area contributed by atoms with E-state index in [0.29, 0.717) is 5.56 Å². The molecule has 0 atom stereocenters. The van der Waals surface area contributed by atoms with Gasteiger partial charge in [-0.25, -0.2) is 8.42 Å². The number of hydrogen-bond donors (Lipinski definition) is 0. The molecule has 7 heteroatoms. The highest BCUT2D eigenvalue weighted by atomic mass is 32.2. The van der Waals surface area contributed by atoms with E-state index in [-0.39, 0.29) is 21.9 Å². The van der Waals surface area contributed by atoms with E-state index in [4.69, 9.17) is 4.74 Å². The second-order valence-electron chi connectivity index (χ2n) is 6.61. The summed E-state index contributed by atoms with van der Waals surface area (Å²) in [6, 6.07) is 21.0. The summed E-state index contributed by atoms with van der Waals surface area (Å²) in [5, 5.41) is 0. The van der Waals surface area contributed by atoms with Crippen LogP contribution in [0.5, 0.6) is 0 Å². The van der Waals surface area contributed by atoms with Crippen molar-refractivity contribution in [3.63, 3.8) is 0 Å². The Bertz CT molecular complexity index is 1160. The van der Waals surface area contributed by atoms with Gasteiger partial charge in [0.05, 0.1) is 17.7 Å². The number of carbonyl (C=O) groups is 2. The summed E-state index contributed by atoms with van der Waals surface area (Å²) < 4.78 is 32.3. The van der Waals surface area contributed by atoms with E-state index in [2.05, 4.69) is 0 Å². The van der Waals surface area contributed by atoms with Crippen molar-refractivity contribution in [2.45, 2.75) is 11.8 Å². The predicted octanol–water partition coefficient (Wildman–Crippen LogP) is 3.59. The lowest BCUT2D eigenvalue weighted by molar-refractivity contribution is -0.138. The molecule has 3 aromatic carbocycles. The number of methoxy groups -OCH3 is 1. The minimum absolute atomic E-state index is 0.00601. The van der Waals surface area contributed by atoms with Gasteiger partial charge in [-0.05, 0) is 31.2 Å². The van der Waals surface area contributed by atoms with Gasteiger partial charge in [0.25, 0.3) is 10.0 Å². The van der Waals surface area contributed by atoms with Crippen LogP contribution < -0.4 is 4.31 Å². The van der Waals surface area contributed by atoms with E-state index in [1.165, 1.54) is 25.3 Å². The highest BCUT2D eigenvalue weighted by molar-refractivity contribution is 7.92. The summed E-state index contributed by atoms with van der Waals surface area (Å²) in [4.78, 5) is 25.2. The number of hydrogen-bond acceptors (Lipinski definition) is 5. The molecule has 0 aliphatic carbocycles. The molecule has 6 nitrogen and oxygen atoms in total. The van der Waals surface area contributed by atoms with Gasteiger partial charge in [-0.3, -0.25) is 13.9 Å². The van der Waals surface area contributed by atoms with Crippen molar-refractivity contribution >= 4 is 27.5 Å². The first-order valence-electron chi connectivity index (χ1n) is 9.19. The highest BCUT2D eigenvalue weighted by Gasteiger charge is 2.30. The molecule has 0 aliphatic rings. The zero-order valence-electron chi connectivity index (χ0n) is 16.6. The van der Waals surface area contributed by atoms with Gasteiger partial charge in [0.2, 0.25) is 0 Å². The molecule has 0 saturated heterocycles. The smallest absolute Gasteiger partial charge is 0.326 e. The standard InChI is InChI=1S/C23H21NO5S/c1-17-12-14-18(15-13-17)23(26)20-10-6-7-11-21(20)24(16-22(25)29-2)30(27,28)19-8-4-3-5-9-19/h3-15H,16H2,1-2H3. The van der Waals surface area contributed by atoms with E-state index in [9.17, 15) is 18.0 Å². The summed E-state index contributed by atoms with van der Waals surface area (Å²) in [7, 11) is -2.94. The lowest BCUT2D eigenvalue weighted by Gasteiger charge is -2.25. The maximum absolute atomic E-state index is 13.3. The van der Waals surface area contributed by atoms with Crippen molar-refractivity contribution in [2.75, 3.05) is 18.0 Å². The first-order chi connectivity index (χ1) is 14.3. The molecule has 30 heavy (non-hydrogen) atoms. The Labute approximate surface area is 175 Å². The molecule has 0 unspecified atom stereocenters. The average Bonchev–Trinajstić information content (AvgIpc) is 2.78. The maximum atomic E-state index is 13.3. The van der Waals surface area contributed by atoms with E-state index in [0.717, 1.165) is 9.87 Å². The van der Waals surface area contributed by atoms with E-state index < -0.39 is 22.5 Å². The molecule has 0 spiro atoms. The Balaban J connectivity index is 2.14. The molecule has 0 heterocycles. The van der Waals surface area contributed by atoms with Crippen LogP contribution in [0, 0.1) is 6.92 Å². The van der Waals surface area contributed by atoms with Gasteiger partial charge in [0, 0.05) is 11.1 Å². The first-order valence-corrected chi connectivity index (χ1v) is 10.6. The number of benzene rings is 3. The highest BCUT2D eigenvalue weighted by Crippen LogP contribution is 2.29. The normalized spacial score (nSPS) is 11.0. The molecule has 0 bridgehead atoms. The minimum Gasteiger partial charge on any atom is -0.468 e. The molecule has 0 saturated carbocycles. The third-order valence-electron chi connectivity index (χ3n) is 4.56. The van der Waals surface area contributed by atoms with Gasteiger partial charge in [0.1, 0.15) is 6.54 Å². The van der Waals surface area contributed by atoms with E-state index in [1.807, 2.05) is 19.1 Å². The summed E-state index contributed by atoms with van der Waals surface area (Å²) in [5.74, 6) is -1.09. The molecular formula is C23H21NO5S. The van der Waals surface area contributed by atoms with Crippen LogP contribution in [0.1, 0.15) is 21.5 Å². The van der Waals surface area contributed by atoms with E-state index >= 15 is 0 Å². The van der Waals surface area contributed by atoms with Crippen molar-refractivity contribution < 1.29 is 22.7 Å². The number of nitrogens with zero attached hydrogens (tertiary/aromatic N) is 1. The Hall–Kier alpha value is -3.45. The molecule has 0 N–H and O–H groups in total. The van der Waals surface area contributed by atoms with E-state index in [1.54, 1.807) is 48.5 Å². The van der Waals surface area contributed by atoms with Crippen LogP contribution in [-0.4, -0.2) is 33.8 Å². The molecule has 0 radical (unpaired) electrons. The summed E-state index contributed by atoms with van der Waals surface area (Å²) in [5.41, 5.74) is 1.70. The number of para-hydroxylation sites is 1. The quantitative estimate of drug-likeness (QED) is 0.429. The van der Waals surface area contributed by atoms with Crippen LogP contribution in [0.15, 0.2) is 83.8 Å². The van der Waals surface area contributed by atoms with Gasteiger partial charge < -0.3 is 4.74 Å². The third kappa shape index (κ3) is 4.41. The fourth-order valence-corrected chi connectivity index (χ4v) is 4.39. The van der Waals surface area contributed by atoms with Crippen LogP contribution in [0.3, 0.4) is 0 Å². The number of anilines is 1. The molecule has 3 rings (SSSR count). The summed E-state index contributed by atoms with van der Waals surface area (Å²) >= 11 is 0. The minimum atomic E-state index is -4.12. The molecule has 0 aromatic heterocycles. The molecule has 0 aliphatic heterocycles. The van der Waals surface area contributed by atoms with Gasteiger partial charge in [-0.1, -0.05) is 60.2 Å². The monoisotopic (exact) mass is 423 g/mol. The largest absolute Gasteiger partial charge is 0.468 e. The van der Waals surface area contributed by atoms with Crippen molar-refractivity contribution in [1.82, 2.24) is 0 Å². The molecule has 3 aromatic rings. The average molecular weight is 423 g/mol. The number of ketones is 1. The van der Waals surface area contributed by atoms with Crippen LogP contribution in [0.25, 0.3) is 0 Å². The fourth-order valence-electron chi connectivity index (χ4n) is 2.94. The summed E-state index contributed by atoms with van der Waals surface area (Å²) in [6.07, 6.45) is 0. The molecule has 154 valence electrons. The zero-order valence-corrected chi connectivity index (χ0v) is 17.4. The number of rotatable bonds is 7. The third-order valence-corrected chi connectivity index (χ3v) is 6.34. The van der Waals surface area contributed by atoms with Gasteiger partial charge in [0.15, 0.2) is 5.78 Å². The Morgan fingerprint density at radius 1 is 0.867 bits per heavy atom. The Morgan fingerprint density at radius 3 is 2.10 bits per heavy atom. The SMILES string of the molecule is COC(=O)CN(c1ccccc1C(=O)c1ccc(C)cc1)S(=O)(=O)c1ccccc1. The van der Waals surface area contributed by atoms with Crippen LogP contribution >= 0.6 is 0 Å². The second kappa shape index (κ2) is 8.92.